The van der Waals surface area contributed by atoms with Crippen molar-refractivity contribution < 1.29 is 4.39 Å². The molecule has 12 heavy (non-hydrogen) atoms. The van der Waals surface area contributed by atoms with Crippen LogP contribution in [0.15, 0.2) is 24.3 Å². The third-order valence-corrected chi connectivity index (χ3v) is 2.50. The first kappa shape index (κ1) is 8.02. The van der Waals surface area contributed by atoms with Gasteiger partial charge in [0.25, 0.3) is 0 Å². The number of alkyl halides is 1. The van der Waals surface area contributed by atoms with Crippen molar-refractivity contribution in [1.29, 1.82) is 0 Å². The lowest BCUT2D eigenvalue weighted by atomic mass is 9.90. The van der Waals surface area contributed by atoms with Gasteiger partial charge < -0.3 is 5.32 Å². The van der Waals surface area contributed by atoms with Crippen LogP contribution in [-0.4, -0.2) is 13.1 Å². The largest absolute Gasteiger partial charge is 0.310 e. The molecule has 0 amide bonds. The molecule has 1 saturated heterocycles. The van der Waals surface area contributed by atoms with E-state index in [0.717, 1.165) is 0 Å². The summed E-state index contributed by atoms with van der Waals surface area (Å²) < 4.78 is 13.8. The van der Waals surface area contributed by atoms with E-state index >= 15 is 0 Å². The quantitative estimate of drug-likeness (QED) is 0.707. The second-order valence-electron chi connectivity index (χ2n) is 3.05. The Hall–Kier alpha value is -0.600. The van der Waals surface area contributed by atoms with Crippen LogP contribution in [0.3, 0.4) is 0 Å². The summed E-state index contributed by atoms with van der Waals surface area (Å²) in [6, 6.07) is 7.07. The van der Waals surface area contributed by atoms with Crippen molar-refractivity contribution >= 4 is 11.6 Å². The van der Waals surface area contributed by atoms with Gasteiger partial charge in [0, 0.05) is 23.7 Å². The molecule has 0 saturated carbocycles. The fraction of sp³-hybridized carbons (Fsp3) is 0.333. The minimum absolute atomic E-state index is 0.372. The highest BCUT2D eigenvalue weighted by Crippen LogP contribution is 2.34. The van der Waals surface area contributed by atoms with Crippen LogP contribution < -0.4 is 5.32 Å². The van der Waals surface area contributed by atoms with Crippen LogP contribution in [0.4, 0.5) is 4.39 Å². The summed E-state index contributed by atoms with van der Waals surface area (Å²) in [4.78, 5) is 0. The van der Waals surface area contributed by atoms with E-state index in [9.17, 15) is 4.39 Å². The van der Waals surface area contributed by atoms with Crippen molar-refractivity contribution in [2.24, 2.45) is 0 Å². The highest BCUT2D eigenvalue weighted by molar-refractivity contribution is 6.31. The summed E-state index contributed by atoms with van der Waals surface area (Å²) in [5, 5.41) is 3.41. The maximum absolute atomic E-state index is 13.8. The van der Waals surface area contributed by atoms with E-state index in [-0.39, 0.29) is 0 Å². The second-order valence-corrected chi connectivity index (χ2v) is 3.46. The molecule has 1 aliphatic heterocycles. The van der Waals surface area contributed by atoms with Crippen LogP contribution in [-0.2, 0) is 5.67 Å². The van der Waals surface area contributed by atoms with Crippen LogP contribution in [0, 0.1) is 0 Å². The van der Waals surface area contributed by atoms with Crippen LogP contribution in [0.2, 0.25) is 5.02 Å². The molecule has 0 atom stereocenters. The number of hydrogen-bond donors (Lipinski definition) is 1. The van der Waals surface area contributed by atoms with Gasteiger partial charge in [-0.05, 0) is 6.07 Å². The summed E-state index contributed by atoms with van der Waals surface area (Å²) in [5.74, 6) is 0. The summed E-state index contributed by atoms with van der Waals surface area (Å²) in [6.07, 6.45) is 0. The fourth-order valence-corrected chi connectivity index (χ4v) is 1.66. The van der Waals surface area contributed by atoms with Crippen LogP contribution in [0.1, 0.15) is 5.56 Å². The van der Waals surface area contributed by atoms with E-state index in [0.29, 0.717) is 23.7 Å². The minimum Gasteiger partial charge on any atom is -0.310 e. The topological polar surface area (TPSA) is 12.0 Å². The normalized spacial score (nSPS) is 20.2. The lowest BCUT2D eigenvalue weighted by Gasteiger charge is -2.35. The Kier molecular flexibility index (Phi) is 1.81. The molecule has 3 heteroatoms. The van der Waals surface area contributed by atoms with Gasteiger partial charge >= 0.3 is 0 Å². The molecule has 1 nitrogen and oxygen atoms in total. The van der Waals surface area contributed by atoms with Crippen molar-refractivity contribution in [2.75, 3.05) is 13.1 Å². The zero-order valence-electron chi connectivity index (χ0n) is 6.48. The van der Waals surface area contributed by atoms with Crippen LogP contribution in [0.5, 0.6) is 0 Å². The molecule has 1 aliphatic rings. The number of halogens is 2. The van der Waals surface area contributed by atoms with E-state index in [1.54, 1.807) is 24.3 Å². The van der Waals surface area contributed by atoms with Gasteiger partial charge in [-0.3, -0.25) is 0 Å². The molecule has 1 N–H and O–H groups in total. The van der Waals surface area contributed by atoms with Gasteiger partial charge in [0.1, 0.15) is 0 Å². The number of rotatable bonds is 1. The molecule has 1 aromatic carbocycles. The van der Waals surface area contributed by atoms with E-state index in [1.165, 1.54) is 0 Å². The predicted molar refractivity (Wildman–Crippen MR) is 47.1 cm³/mol. The van der Waals surface area contributed by atoms with Gasteiger partial charge in [0.05, 0.1) is 0 Å². The lowest BCUT2D eigenvalue weighted by molar-refractivity contribution is 0.0893. The summed E-state index contributed by atoms with van der Waals surface area (Å²) in [6.45, 7) is 0.744. The molecular weight excluding hydrogens is 177 g/mol. The Morgan fingerprint density at radius 3 is 2.50 bits per heavy atom. The molecule has 0 unspecified atom stereocenters. The molecule has 0 bridgehead atoms. The van der Waals surface area contributed by atoms with E-state index in [4.69, 9.17) is 11.6 Å². The Morgan fingerprint density at radius 1 is 1.33 bits per heavy atom. The average Bonchev–Trinajstić information content (AvgIpc) is 2.01. The third-order valence-electron chi connectivity index (χ3n) is 2.17. The summed E-state index contributed by atoms with van der Waals surface area (Å²) in [7, 11) is 0. The first-order valence-electron chi connectivity index (χ1n) is 3.87. The van der Waals surface area contributed by atoms with Gasteiger partial charge in [-0.2, -0.15) is 0 Å². The Balaban J connectivity index is 2.39. The van der Waals surface area contributed by atoms with E-state index in [2.05, 4.69) is 5.32 Å². The van der Waals surface area contributed by atoms with Gasteiger partial charge in [-0.1, -0.05) is 29.8 Å². The molecule has 1 aromatic rings. The maximum atomic E-state index is 13.8. The molecule has 1 heterocycles. The molecule has 0 radical (unpaired) electrons. The minimum atomic E-state index is -1.24. The van der Waals surface area contributed by atoms with Gasteiger partial charge in [0.2, 0.25) is 0 Å². The molecule has 2 rings (SSSR count). The van der Waals surface area contributed by atoms with Crippen molar-refractivity contribution in [2.45, 2.75) is 5.67 Å². The van der Waals surface area contributed by atoms with E-state index in [1.807, 2.05) is 0 Å². The fourth-order valence-electron chi connectivity index (χ4n) is 1.36. The number of hydrogen-bond acceptors (Lipinski definition) is 1. The summed E-state index contributed by atoms with van der Waals surface area (Å²) >= 11 is 5.85. The highest BCUT2D eigenvalue weighted by atomic mass is 35.5. The predicted octanol–water partition coefficient (Wildman–Crippen LogP) is 2.11. The monoisotopic (exact) mass is 185 g/mol. The second kappa shape index (κ2) is 2.71. The third kappa shape index (κ3) is 1.11. The molecule has 64 valence electrons. The first-order valence-corrected chi connectivity index (χ1v) is 4.25. The standard InChI is InChI=1S/C9H9ClFN/c10-8-4-2-1-3-7(8)9(11)5-12-6-9/h1-4,12H,5-6H2. The number of nitrogens with one attached hydrogen (secondary N) is 1. The molecule has 0 aliphatic carbocycles. The molecule has 0 aromatic heterocycles. The van der Waals surface area contributed by atoms with E-state index < -0.39 is 5.67 Å². The van der Waals surface area contributed by atoms with Crippen molar-refractivity contribution in [3.05, 3.63) is 34.9 Å². The van der Waals surface area contributed by atoms with Gasteiger partial charge in [0.15, 0.2) is 5.67 Å². The summed E-state index contributed by atoms with van der Waals surface area (Å²) in [5.41, 5.74) is -0.636. The highest BCUT2D eigenvalue weighted by Gasteiger charge is 2.40. The Bertz CT molecular complexity index is 296. The van der Waals surface area contributed by atoms with Crippen molar-refractivity contribution in [3.63, 3.8) is 0 Å². The zero-order chi connectivity index (χ0) is 8.60. The van der Waals surface area contributed by atoms with Crippen molar-refractivity contribution in [1.82, 2.24) is 5.32 Å². The van der Waals surface area contributed by atoms with Crippen LogP contribution >= 0.6 is 11.6 Å². The smallest absolute Gasteiger partial charge is 0.162 e. The molecule has 1 fully saturated rings. The SMILES string of the molecule is FC1(c2ccccc2Cl)CNC1. The zero-order valence-corrected chi connectivity index (χ0v) is 7.24. The first-order chi connectivity index (χ1) is 5.72. The molecule has 0 spiro atoms. The van der Waals surface area contributed by atoms with Gasteiger partial charge in [-0.15, -0.1) is 0 Å². The van der Waals surface area contributed by atoms with Gasteiger partial charge in [-0.25, -0.2) is 4.39 Å². The number of benzene rings is 1. The maximum Gasteiger partial charge on any atom is 0.162 e. The average molecular weight is 186 g/mol. The van der Waals surface area contributed by atoms with Crippen LogP contribution in [0.25, 0.3) is 0 Å². The Morgan fingerprint density at radius 2 is 2.00 bits per heavy atom. The van der Waals surface area contributed by atoms with Crippen molar-refractivity contribution in [3.8, 4) is 0 Å². The Labute approximate surface area is 75.5 Å². The molecular formula is C9H9ClFN. The lowest BCUT2D eigenvalue weighted by Crippen LogP contribution is -2.53.